The maximum Gasteiger partial charge on any atom is 0 e. The van der Waals surface area contributed by atoms with Gasteiger partial charge in [0.2, 0.25) is 0 Å². The van der Waals surface area contributed by atoms with Crippen molar-refractivity contribution in [1.29, 1.82) is 0 Å². The Morgan fingerprint density at radius 3 is 1.86 bits per heavy atom. The third-order valence-corrected chi connectivity index (χ3v) is 1.10. The van der Waals surface area contributed by atoms with Crippen LogP contribution >= 0.6 is 24.0 Å². The molecule has 0 aliphatic carbocycles. The molecule has 0 aromatic carbocycles. The number of rotatable bonds is 0. The Morgan fingerprint density at radius 2 is 1.86 bits per heavy atom. The summed E-state index contributed by atoms with van der Waals surface area (Å²) in [4.78, 5) is 0. The van der Waals surface area contributed by atoms with E-state index in [1.54, 1.807) is 0 Å². The SMILES string of the molecule is CSC(N)=S.[CaH2].[Fe]. The molecule has 0 aromatic heterocycles. The zero-order valence-corrected chi connectivity index (χ0v) is 5.98. The summed E-state index contributed by atoms with van der Waals surface area (Å²) in [5.74, 6) is 0. The van der Waals surface area contributed by atoms with Crippen LogP contribution in [0.5, 0.6) is 0 Å². The van der Waals surface area contributed by atoms with Gasteiger partial charge < -0.3 is 5.73 Å². The number of hydrogen-bond acceptors (Lipinski definition) is 2. The maximum atomic E-state index is 4.99. The van der Waals surface area contributed by atoms with Gasteiger partial charge in [-0.05, 0) is 6.26 Å². The van der Waals surface area contributed by atoms with Gasteiger partial charge in [0.25, 0.3) is 0 Å². The van der Waals surface area contributed by atoms with Gasteiger partial charge in [-0.25, -0.2) is 0 Å². The maximum absolute atomic E-state index is 4.99. The fourth-order valence-electron chi connectivity index (χ4n) is 0. The van der Waals surface area contributed by atoms with E-state index in [4.69, 9.17) is 5.73 Å². The molecule has 0 aliphatic heterocycles. The van der Waals surface area contributed by atoms with Crippen molar-refractivity contribution in [2.45, 2.75) is 0 Å². The van der Waals surface area contributed by atoms with E-state index >= 15 is 0 Å². The molecule has 42 valence electrons. The predicted molar refractivity (Wildman–Crippen MR) is 38.8 cm³/mol. The molecule has 0 saturated carbocycles. The van der Waals surface area contributed by atoms with E-state index in [9.17, 15) is 0 Å². The molecule has 0 atom stereocenters. The summed E-state index contributed by atoms with van der Waals surface area (Å²) in [6.07, 6.45) is 1.85. The van der Waals surface area contributed by atoms with Gasteiger partial charge in [-0.1, -0.05) is 12.2 Å². The van der Waals surface area contributed by atoms with Crippen molar-refractivity contribution in [3.8, 4) is 0 Å². The van der Waals surface area contributed by atoms with Crippen molar-refractivity contribution in [1.82, 2.24) is 0 Å². The van der Waals surface area contributed by atoms with Crippen molar-refractivity contribution in [3.63, 3.8) is 0 Å². The summed E-state index contributed by atoms with van der Waals surface area (Å²) in [6, 6.07) is 0. The number of hydrogen-bond donors (Lipinski definition) is 1. The predicted octanol–water partition coefficient (Wildman–Crippen LogP) is -0.326. The Morgan fingerprint density at radius 1 is 1.71 bits per heavy atom. The molecule has 5 heteroatoms. The quantitative estimate of drug-likeness (QED) is 0.433. The van der Waals surface area contributed by atoms with Gasteiger partial charge in [0.05, 0.1) is 0 Å². The minimum atomic E-state index is 0. The second-order valence-corrected chi connectivity index (χ2v) is 2.07. The van der Waals surface area contributed by atoms with Crippen LogP contribution in [0.15, 0.2) is 0 Å². The van der Waals surface area contributed by atoms with Crippen molar-refractivity contribution in [2.24, 2.45) is 5.73 Å². The van der Waals surface area contributed by atoms with Gasteiger partial charge in [0.15, 0.2) is 0 Å². The first-order valence-electron chi connectivity index (χ1n) is 1.11. The first-order chi connectivity index (χ1) is 2.27. The van der Waals surface area contributed by atoms with Gasteiger partial charge in [0, 0.05) is 17.1 Å². The molecule has 0 spiro atoms. The van der Waals surface area contributed by atoms with Crippen molar-refractivity contribution >= 4 is 66.0 Å². The molecular formula is C2H7CaFeNS2. The molecule has 0 aromatic rings. The van der Waals surface area contributed by atoms with Gasteiger partial charge >= 0.3 is 37.7 Å². The molecule has 0 bridgehead atoms. The van der Waals surface area contributed by atoms with Gasteiger partial charge in [-0.3, -0.25) is 0 Å². The van der Waals surface area contributed by atoms with Gasteiger partial charge in [0.1, 0.15) is 4.32 Å². The van der Waals surface area contributed by atoms with E-state index in [1.807, 2.05) is 6.26 Å². The summed E-state index contributed by atoms with van der Waals surface area (Å²) >= 11 is 5.83. The second-order valence-electron chi connectivity index (χ2n) is 0.523. The van der Waals surface area contributed by atoms with Crippen LogP contribution in [-0.4, -0.2) is 48.3 Å². The van der Waals surface area contributed by atoms with Crippen LogP contribution in [0.25, 0.3) is 0 Å². The summed E-state index contributed by atoms with van der Waals surface area (Å²) in [7, 11) is 0. The van der Waals surface area contributed by atoms with Gasteiger partial charge in [-0.15, -0.1) is 11.8 Å². The Balaban J connectivity index is -0.0000000800. The summed E-state index contributed by atoms with van der Waals surface area (Å²) in [6.45, 7) is 0. The number of nitrogens with two attached hydrogens (primary N) is 1. The minimum absolute atomic E-state index is 0. The van der Waals surface area contributed by atoms with Crippen LogP contribution in [0.4, 0.5) is 0 Å². The number of thiocarbonyl (C=S) groups is 1. The summed E-state index contributed by atoms with van der Waals surface area (Å²) in [5.41, 5.74) is 4.99. The average Bonchev–Trinajstić information content (AvgIpc) is 1.38. The second kappa shape index (κ2) is 10.9. The standard InChI is InChI=1S/C2H5NS2.Ca.Fe.2H/c1-5-2(3)4;;;;/h1H3,(H2,3,4);;;;. The molecule has 0 aliphatic rings. The van der Waals surface area contributed by atoms with Crippen LogP contribution < -0.4 is 5.73 Å². The smallest absolute Gasteiger partial charge is 0 e. The monoisotopic (exact) mass is 205 g/mol. The molecule has 0 fully saturated rings. The van der Waals surface area contributed by atoms with Crippen LogP contribution in [0.1, 0.15) is 0 Å². The molecule has 2 N–H and O–H groups in total. The zero-order chi connectivity index (χ0) is 4.28. The fraction of sp³-hybridized carbons (Fsp3) is 0.500. The minimum Gasteiger partial charge on any atom is 0 e. The third kappa shape index (κ3) is 18.0. The van der Waals surface area contributed by atoms with E-state index in [1.165, 1.54) is 11.8 Å². The molecule has 0 unspecified atom stereocenters. The molecule has 0 radical (unpaired) electrons. The topological polar surface area (TPSA) is 26.0 Å². The van der Waals surface area contributed by atoms with Crippen LogP contribution in [0.2, 0.25) is 0 Å². The van der Waals surface area contributed by atoms with Crippen molar-refractivity contribution in [3.05, 3.63) is 0 Å². The summed E-state index contributed by atoms with van der Waals surface area (Å²) < 4.78 is 0.505. The molecule has 0 heterocycles. The molecule has 0 rings (SSSR count). The van der Waals surface area contributed by atoms with Crippen LogP contribution in [-0.2, 0) is 17.1 Å². The van der Waals surface area contributed by atoms with E-state index in [2.05, 4.69) is 12.2 Å². The Labute approximate surface area is 93.6 Å². The first kappa shape index (κ1) is 16.0. The van der Waals surface area contributed by atoms with E-state index in [0.717, 1.165) is 0 Å². The summed E-state index contributed by atoms with van der Waals surface area (Å²) in [5, 5.41) is 0. The molecule has 0 saturated heterocycles. The molecule has 1 nitrogen and oxygen atoms in total. The Kier molecular flexibility index (Phi) is 24.9. The largest absolute Gasteiger partial charge is 0 e. The molecular weight excluding hydrogens is 198 g/mol. The number of thioether (sulfide) groups is 1. The fourth-order valence-corrected chi connectivity index (χ4v) is 0. The van der Waals surface area contributed by atoms with E-state index < -0.39 is 0 Å². The third-order valence-electron chi connectivity index (χ3n) is 0.201. The Bertz CT molecular complexity index is 51.0. The molecule has 0 amide bonds. The van der Waals surface area contributed by atoms with E-state index in [0.29, 0.717) is 4.32 Å². The Hall–Kier alpha value is 2.02. The van der Waals surface area contributed by atoms with Gasteiger partial charge in [-0.2, -0.15) is 0 Å². The molecule has 7 heavy (non-hydrogen) atoms. The average molecular weight is 205 g/mol. The normalized spacial score (nSPS) is 5.29. The first-order valence-corrected chi connectivity index (χ1v) is 2.74. The van der Waals surface area contributed by atoms with Crippen molar-refractivity contribution < 1.29 is 17.1 Å². The van der Waals surface area contributed by atoms with Crippen molar-refractivity contribution in [2.75, 3.05) is 6.26 Å². The van der Waals surface area contributed by atoms with Crippen LogP contribution in [0, 0.1) is 0 Å². The van der Waals surface area contributed by atoms with E-state index in [-0.39, 0.29) is 54.8 Å². The van der Waals surface area contributed by atoms with Crippen LogP contribution in [0.3, 0.4) is 0 Å². The zero-order valence-electron chi connectivity index (χ0n) is 3.25.